The molecule has 1 rings (SSSR count). The number of nitrogens with zero attached hydrogens (tertiary/aromatic N) is 2. The van der Waals surface area contributed by atoms with Crippen molar-refractivity contribution < 1.29 is 4.74 Å². The van der Waals surface area contributed by atoms with Gasteiger partial charge in [0.05, 0.1) is 0 Å². The quantitative estimate of drug-likeness (QED) is 0.712. The largest absolute Gasteiger partial charge is 0.462 e. The molecule has 1 aromatic rings. The van der Waals surface area contributed by atoms with Crippen LogP contribution in [0.4, 0.5) is 0 Å². The van der Waals surface area contributed by atoms with Crippen molar-refractivity contribution >= 4 is 0 Å². The number of aromatic nitrogens is 2. The van der Waals surface area contributed by atoms with Crippen molar-refractivity contribution in [1.29, 1.82) is 0 Å². The van der Waals surface area contributed by atoms with E-state index < -0.39 is 0 Å². The Balaban J connectivity index is 2.48. The van der Waals surface area contributed by atoms with E-state index in [0.717, 1.165) is 5.56 Å². The molecule has 2 N–H and O–H groups in total. The van der Waals surface area contributed by atoms with Crippen molar-refractivity contribution in [2.24, 2.45) is 5.73 Å². The minimum absolute atomic E-state index is 0.00917. The Morgan fingerprint density at radius 2 is 2.08 bits per heavy atom. The van der Waals surface area contributed by atoms with Crippen molar-refractivity contribution in [2.45, 2.75) is 19.9 Å². The summed E-state index contributed by atoms with van der Waals surface area (Å²) >= 11 is 0. The molecule has 66 valence electrons. The topological polar surface area (TPSA) is 61.0 Å². The summed E-state index contributed by atoms with van der Waals surface area (Å²) in [5.41, 5.74) is 6.51. The molecule has 0 amide bonds. The molecular weight excluding hydrogens is 154 g/mol. The van der Waals surface area contributed by atoms with Gasteiger partial charge in [0.1, 0.15) is 6.61 Å². The molecule has 12 heavy (non-hydrogen) atoms. The summed E-state index contributed by atoms with van der Waals surface area (Å²) in [7, 11) is 0. The van der Waals surface area contributed by atoms with Gasteiger partial charge in [-0.2, -0.15) is 0 Å². The zero-order chi connectivity index (χ0) is 8.97. The fourth-order valence-electron chi connectivity index (χ4n) is 0.661. The van der Waals surface area contributed by atoms with Crippen LogP contribution in [0, 0.1) is 6.92 Å². The van der Waals surface area contributed by atoms with E-state index in [0.29, 0.717) is 12.6 Å². The molecule has 0 fully saturated rings. The highest BCUT2D eigenvalue weighted by atomic mass is 16.5. The summed E-state index contributed by atoms with van der Waals surface area (Å²) in [6.45, 7) is 4.24. The van der Waals surface area contributed by atoms with Gasteiger partial charge in [-0.05, 0) is 19.4 Å². The summed E-state index contributed by atoms with van der Waals surface area (Å²) < 4.78 is 5.18. The molecule has 1 aromatic heterocycles. The molecule has 4 nitrogen and oxygen atoms in total. The van der Waals surface area contributed by atoms with Gasteiger partial charge in [0.2, 0.25) is 0 Å². The minimum Gasteiger partial charge on any atom is -0.462 e. The monoisotopic (exact) mass is 167 g/mol. The fourth-order valence-corrected chi connectivity index (χ4v) is 0.661. The maximum absolute atomic E-state index is 5.49. The van der Waals surface area contributed by atoms with Gasteiger partial charge >= 0.3 is 6.01 Å². The van der Waals surface area contributed by atoms with E-state index in [2.05, 4.69) is 9.97 Å². The van der Waals surface area contributed by atoms with Crippen LogP contribution in [0.5, 0.6) is 6.01 Å². The van der Waals surface area contributed by atoms with Crippen LogP contribution in [0.15, 0.2) is 12.4 Å². The Hall–Kier alpha value is -1.16. The van der Waals surface area contributed by atoms with Gasteiger partial charge in [0.25, 0.3) is 0 Å². The lowest BCUT2D eigenvalue weighted by atomic mass is 10.4. The maximum atomic E-state index is 5.49. The molecule has 0 aliphatic rings. The average molecular weight is 167 g/mol. The second-order valence-corrected chi connectivity index (χ2v) is 2.83. The van der Waals surface area contributed by atoms with E-state index in [1.54, 1.807) is 12.4 Å². The van der Waals surface area contributed by atoms with Crippen molar-refractivity contribution in [3.05, 3.63) is 18.0 Å². The summed E-state index contributed by atoms with van der Waals surface area (Å²) in [6.07, 6.45) is 3.42. The van der Waals surface area contributed by atoms with Crippen LogP contribution in [0.1, 0.15) is 12.5 Å². The normalized spacial score (nSPS) is 12.6. The van der Waals surface area contributed by atoms with Gasteiger partial charge in [-0.1, -0.05) is 0 Å². The Bertz CT molecular complexity index is 233. The second kappa shape index (κ2) is 4.01. The number of nitrogens with two attached hydrogens (primary N) is 1. The van der Waals surface area contributed by atoms with E-state index in [9.17, 15) is 0 Å². The third-order valence-corrected chi connectivity index (χ3v) is 1.23. The Morgan fingerprint density at radius 3 is 2.58 bits per heavy atom. The maximum Gasteiger partial charge on any atom is 0.316 e. The summed E-state index contributed by atoms with van der Waals surface area (Å²) in [5, 5.41) is 0. The Labute approximate surface area is 71.8 Å². The van der Waals surface area contributed by atoms with E-state index in [-0.39, 0.29) is 6.04 Å². The summed E-state index contributed by atoms with van der Waals surface area (Å²) in [5.74, 6) is 0. The van der Waals surface area contributed by atoms with Gasteiger partial charge in [0, 0.05) is 18.4 Å². The highest BCUT2D eigenvalue weighted by Crippen LogP contribution is 2.00. The van der Waals surface area contributed by atoms with Gasteiger partial charge in [-0.15, -0.1) is 0 Å². The number of ether oxygens (including phenoxy) is 1. The van der Waals surface area contributed by atoms with Crippen molar-refractivity contribution in [3.63, 3.8) is 0 Å². The number of aryl methyl sites for hydroxylation is 1. The average Bonchev–Trinajstić information content (AvgIpc) is 2.03. The first-order valence-corrected chi connectivity index (χ1v) is 3.85. The third-order valence-electron chi connectivity index (χ3n) is 1.23. The molecule has 4 heteroatoms. The lowest BCUT2D eigenvalue weighted by Crippen LogP contribution is -2.24. The lowest BCUT2D eigenvalue weighted by molar-refractivity contribution is 0.273. The number of rotatable bonds is 3. The van der Waals surface area contributed by atoms with Gasteiger partial charge in [0.15, 0.2) is 0 Å². The van der Waals surface area contributed by atoms with Crippen LogP contribution < -0.4 is 10.5 Å². The molecule has 0 radical (unpaired) electrons. The first kappa shape index (κ1) is 8.93. The van der Waals surface area contributed by atoms with Crippen molar-refractivity contribution in [1.82, 2.24) is 9.97 Å². The minimum atomic E-state index is 0.00917. The molecule has 0 aliphatic carbocycles. The molecule has 1 heterocycles. The molecule has 0 saturated carbocycles. The van der Waals surface area contributed by atoms with Crippen LogP contribution in [0.2, 0.25) is 0 Å². The van der Waals surface area contributed by atoms with Crippen molar-refractivity contribution in [2.75, 3.05) is 6.61 Å². The van der Waals surface area contributed by atoms with Crippen LogP contribution in [0.3, 0.4) is 0 Å². The molecular formula is C8H13N3O. The van der Waals surface area contributed by atoms with E-state index in [1.807, 2.05) is 13.8 Å². The predicted octanol–water partition coefficient (Wildman–Crippen LogP) is 0.511. The van der Waals surface area contributed by atoms with E-state index in [4.69, 9.17) is 10.5 Å². The fraction of sp³-hybridized carbons (Fsp3) is 0.500. The van der Waals surface area contributed by atoms with Crippen LogP contribution in [0.25, 0.3) is 0 Å². The summed E-state index contributed by atoms with van der Waals surface area (Å²) in [4.78, 5) is 7.92. The van der Waals surface area contributed by atoms with Crippen molar-refractivity contribution in [3.8, 4) is 6.01 Å². The van der Waals surface area contributed by atoms with Crippen LogP contribution >= 0.6 is 0 Å². The van der Waals surface area contributed by atoms with E-state index >= 15 is 0 Å². The standard InChI is InChI=1S/C8H13N3O/c1-6-3-10-8(11-4-6)12-5-7(2)9/h3-4,7H,5,9H2,1-2H3. The predicted molar refractivity (Wildman–Crippen MR) is 45.9 cm³/mol. The second-order valence-electron chi connectivity index (χ2n) is 2.83. The first-order chi connectivity index (χ1) is 5.68. The van der Waals surface area contributed by atoms with Crippen LogP contribution in [-0.4, -0.2) is 22.6 Å². The van der Waals surface area contributed by atoms with Gasteiger partial charge < -0.3 is 10.5 Å². The van der Waals surface area contributed by atoms with Crippen LogP contribution in [-0.2, 0) is 0 Å². The first-order valence-electron chi connectivity index (χ1n) is 3.85. The molecule has 1 atom stereocenters. The molecule has 0 aliphatic heterocycles. The highest BCUT2D eigenvalue weighted by Gasteiger charge is 1.98. The Kier molecular flexibility index (Phi) is 2.99. The van der Waals surface area contributed by atoms with Gasteiger partial charge in [-0.25, -0.2) is 9.97 Å². The summed E-state index contributed by atoms with van der Waals surface area (Å²) in [6, 6.07) is 0.396. The molecule has 1 unspecified atom stereocenters. The lowest BCUT2D eigenvalue weighted by Gasteiger charge is -2.05. The van der Waals surface area contributed by atoms with Gasteiger partial charge in [-0.3, -0.25) is 0 Å². The Morgan fingerprint density at radius 1 is 1.50 bits per heavy atom. The SMILES string of the molecule is Cc1cnc(OCC(C)N)nc1. The molecule has 0 spiro atoms. The highest BCUT2D eigenvalue weighted by molar-refractivity contribution is 5.04. The zero-order valence-corrected chi connectivity index (χ0v) is 7.32. The zero-order valence-electron chi connectivity index (χ0n) is 7.32. The molecule has 0 aromatic carbocycles. The number of hydrogen-bond donors (Lipinski definition) is 1. The molecule has 0 saturated heterocycles. The third kappa shape index (κ3) is 2.84. The smallest absolute Gasteiger partial charge is 0.316 e. The van der Waals surface area contributed by atoms with E-state index in [1.165, 1.54) is 0 Å². The molecule has 0 bridgehead atoms. The number of hydrogen-bond acceptors (Lipinski definition) is 4.